The maximum absolute atomic E-state index is 6.27. The number of ether oxygens (including phenoxy) is 1. The zero-order valence-corrected chi connectivity index (χ0v) is 16.3. The molecule has 1 saturated carbocycles. The lowest BCUT2D eigenvalue weighted by atomic mass is 9.85. The normalized spacial score (nSPS) is 14.9. The molecular formula is C24H24N4O. The summed E-state index contributed by atoms with van der Waals surface area (Å²) in [6.45, 7) is 0. The van der Waals surface area contributed by atoms with Crippen LogP contribution in [0.15, 0.2) is 67.1 Å². The fourth-order valence-electron chi connectivity index (χ4n) is 4.32. The second-order valence-corrected chi connectivity index (χ2v) is 7.65. The molecule has 2 aromatic heterocycles. The van der Waals surface area contributed by atoms with E-state index >= 15 is 0 Å². The number of anilines is 1. The molecule has 2 heterocycles. The van der Waals surface area contributed by atoms with Crippen LogP contribution in [0.5, 0.6) is 11.5 Å². The molecule has 29 heavy (non-hydrogen) atoms. The van der Waals surface area contributed by atoms with E-state index in [4.69, 9.17) is 10.5 Å². The van der Waals surface area contributed by atoms with E-state index in [-0.39, 0.29) is 0 Å². The standard InChI is InChI=1S/C24H24N4O/c25-24-23-22(26-16-27-24)21(17-7-3-1-4-8-17)15-28(23)18-11-13-20(14-12-18)29-19-9-5-2-6-10-19/h2,5-6,9-17H,1,3-4,7-8H2,(H2,25,26,27). The van der Waals surface area contributed by atoms with E-state index in [1.165, 1.54) is 37.7 Å². The summed E-state index contributed by atoms with van der Waals surface area (Å²) in [6, 6.07) is 17.9. The smallest absolute Gasteiger partial charge is 0.151 e. The predicted molar refractivity (Wildman–Crippen MR) is 116 cm³/mol. The Kier molecular flexibility index (Phi) is 4.64. The van der Waals surface area contributed by atoms with Gasteiger partial charge in [-0.15, -0.1) is 0 Å². The lowest BCUT2D eigenvalue weighted by Crippen LogP contribution is -2.04. The zero-order chi connectivity index (χ0) is 19.6. The van der Waals surface area contributed by atoms with Gasteiger partial charge in [-0.05, 0) is 60.7 Å². The van der Waals surface area contributed by atoms with Crippen molar-refractivity contribution in [2.75, 3.05) is 5.73 Å². The van der Waals surface area contributed by atoms with Crippen LogP contribution in [0.3, 0.4) is 0 Å². The summed E-state index contributed by atoms with van der Waals surface area (Å²) in [5, 5.41) is 0. The van der Waals surface area contributed by atoms with Crippen molar-refractivity contribution in [1.29, 1.82) is 0 Å². The summed E-state index contributed by atoms with van der Waals surface area (Å²) in [4.78, 5) is 8.85. The first-order valence-corrected chi connectivity index (χ1v) is 10.2. The molecule has 2 aromatic carbocycles. The Morgan fingerprint density at radius 2 is 1.59 bits per heavy atom. The van der Waals surface area contributed by atoms with Crippen LogP contribution in [0.4, 0.5) is 5.82 Å². The van der Waals surface area contributed by atoms with E-state index in [9.17, 15) is 0 Å². The average molecular weight is 384 g/mol. The molecule has 5 nitrogen and oxygen atoms in total. The molecular weight excluding hydrogens is 360 g/mol. The van der Waals surface area contributed by atoms with Gasteiger partial charge in [-0.2, -0.15) is 0 Å². The van der Waals surface area contributed by atoms with Crippen LogP contribution in [-0.2, 0) is 0 Å². The number of nitrogen functional groups attached to an aromatic ring is 1. The molecule has 0 unspecified atom stereocenters. The van der Waals surface area contributed by atoms with Gasteiger partial charge >= 0.3 is 0 Å². The Bertz CT molecular complexity index is 1110. The number of hydrogen-bond donors (Lipinski definition) is 1. The fraction of sp³-hybridized carbons (Fsp3) is 0.250. The summed E-state index contributed by atoms with van der Waals surface area (Å²) in [5.74, 6) is 2.68. The number of aromatic nitrogens is 3. The average Bonchev–Trinajstić information content (AvgIpc) is 3.17. The maximum atomic E-state index is 6.27. The quantitative estimate of drug-likeness (QED) is 0.480. The summed E-state index contributed by atoms with van der Waals surface area (Å²) in [7, 11) is 0. The highest BCUT2D eigenvalue weighted by molar-refractivity contribution is 5.90. The Labute approximate surface area is 170 Å². The van der Waals surface area contributed by atoms with Crippen LogP contribution in [0.25, 0.3) is 16.7 Å². The minimum Gasteiger partial charge on any atom is -0.457 e. The summed E-state index contributed by atoms with van der Waals surface area (Å²) in [5.41, 5.74) is 10.5. The molecule has 1 fully saturated rings. The Morgan fingerprint density at radius 1 is 0.862 bits per heavy atom. The van der Waals surface area contributed by atoms with Crippen molar-refractivity contribution in [3.05, 3.63) is 72.7 Å². The number of nitrogens with zero attached hydrogens (tertiary/aromatic N) is 3. The van der Waals surface area contributed by atoms with Gasteiger partial charge in [0, 0.05) is 11.9 Å². The SMILES string of the molecule is Nc1ncnc2c(C3CCCCC3)cn(-c3ccc(Oc4ccccc4)cc3)c12. The number of nitrogens with two attached hydrogens (primary N) is 1. The van der Waals surface area contributed by atoms with E-state index in [1.807, 2.05) is 42.5 Å². The monoisotopic (exact) mass is 384 g/mol. The molecule has 0 atom stereocenters. The predicted octanol–water partition coefficient (Wildman–Crippen LogP) is 5.84. The number of para-hydroxylation sites is 1. The van der Waals surface area contributed by atoms with Crippen molar-refractivity contribution >= 4 is 16.9 Å². The lowest BCUT2D eigenvalue weighted by Gasteiger charge is -2.20. The molecule has 0 aliphatic heterocycles. The Hall–Kier alpha value is -3.34. The van der Waals surface area contributed by atoms with Crippen molar-refractivity contribution in [3.63, 3.8) is 0 Å². The number of hydrogen-bond acceptors (Lipinski definition) is 4. The highest BCUT2D eigenvalue weighted by atomic mass is 16.5. The Balaban J connectivity index is 1.52. The van der Waals surface area contributed by atoms with Gasteiger partial charge in [0.25, 0.3) is 0 Å². The second-order valence-electron chi connectivity index (χ2n) is 7.65. The van der Waals surface area contributed by atoms with Crippen LogP contribution >= 0.6 is 0 Å². The van der Waals surface area contributed by atoms with Gasteiger partial charge in [0.2, 0.25) is 0 Å². The van der Waals surface area contributed by atoms with Crippen LogP contribution in [-0.4, -0.2) is 14.5 Å². The number of fused-ring (bicyclic) bond motifs is 1. The van der Waals surface area contributed by atoms with E-state index < -0.39 is 0 Å². The van der Waals surface area contributed by atoms with E-state index in [0.29, 0.717) is 11.7 Å². The number of benzene rings is 2. The Morgan fingerprint density at radius 3 is 2.34 bits per heavy atom. The van der Waals surface area contributed by atoms with Crippen molar-refractivity contribution in [3.8, 4) is 17.2 Å². The summed E-state index contributed by atoms with van der Waals surface area (Å²) < 4.78 is 8.05. The lowest BCUT2D eigenvalue weighted by molar-refractivity contribution is 0.445. The van der Waals surface area contributed by atoms with Gasteiger partial charge in [-0.3, -0.25) is 0 Å². The molecule has 5 heteroatoms. The molecule has 1 aliphatic carbocycles. The second kappa shape index (κ2) is 7.59. The number of rotatable bonds is 4. The third-order valence-electron chi connectivity index (χ3n) is 5.77. The topological polar surface area (TPSA) is 66.0 Å². The molecule has 0 bridgehead atoms. The van der Waals surface area contributed by atoms with Crippen LogP contribution in [0.1, 0.15) is 43.6 Å². The van der Waals surface area contributed by atoms with Gasteiger partial charge in [0.15, 0.2) is 5.82 Å². The van der Waals surface area contributed by atoms with Gasteiger partial charge < -0.3 is 15.0 Å². The summed E-state index contributed by atoms with van der Waals surface area (Å²) >= 11 is 0. The minimum absolute atomic E-state index is 0.515. The van der Waals surface area contributed by atoms with Gasteiger partial charge in [-0.25, -0.2) is 9.97 Å². The molecule has 146 valence electrons. The van der Waals surface area contributed by atoms with Gasteiger partial charge in [0.1, 0.15) is 23.3 Å². The van der Waals surface area contributed by atoms with Gasteiger partial charge in [0.05, 0.1) is 5.52 Å². The molecule has 0 saturated heterocycles. The van der Waals surface area contributed by atoms with Crippen molar-refractivity contribution < 1.29 is 4.74 Å². The molecule has 1 aliphatic rings. The first-order valence-electron chi connectivity index (χ1n) is 10.2. The van der Waals surface area contributed by atoms with Crippen molar-refractivity contribution in [1.82, 2.24) is 14.5 Å². The third-order valence-corrected chi connectivity index (χ3v) is 5.77. The van der Waals surface area contributed by atoms with Gasteiger partial charge in [-0.1, -0.05) is 37.5 Å². The van der Waals surface area contributed by atoms with E-state index in [0.717, 1.165) is 28.2 Å². The molecule has 0 radical (unpaired) electrons. The van der Waals surface area contributed by atoms with Crippen LogP contribution in [0, 0.1) is 0 Å². The minimum atomic E-state index is 0.515. The van der Waals surface area contributed by atoms with E-state index in [1.54, 1.807) is 6.33 Å². The van der Waals surface area contributed by atoms with Crippen molar-refractivity contribution in [2.24, 2.45) is 0 Å². The first kappa shape index (κ1) is 17.7. The molecule has 0 spiro atoms. The van der Waals surface area contributed by atoms with Crippen LogP contribution in [0.2, 0.25) is 0 Å². The molecule has 4 aromatic rings. The summed E-state index contributed by atoms with van der Waals surface area (Å²) in [6.07, 6.45) is 10.1. The first-order chi connectivity index (χ1) is 14.3. The zero-order valence-electron chi connectivity index (χ0n) is 16.3. The molecule has 2 N–H and O–H groups in total. The fourth-order valence-corrected chi connectivity index (χ4v) is 4.32. The highest BCUT2D eigenvalue weighted by Crippen LogP contribution is 2.38. The van der Waals surface area contributed by atoms with Crippen LogP contribution < -0.4 is 10.5 Å². The van der Waals surface area contributed by atoms with E-state index in [2.05, 4.69) is 32.9 Å². The van der Waals surface area contributed by atoms with Crippen molar-refractivity contribution in [2.45, 2.75) is 38.0 Å². The molecule has 5 rings (SSSR count). The maximum Gasteiger partial charge on any atom is 0.151 e. The highest BCUT2D eigenvalue weighted by Gasteiger charge is 2.23. The largest absolute Gasteiger partial charge is 0.457 e. The third kappa shape index (κ3) is 3.44. The molecule has 0 amide bonds.